The Labute approximate surface area is 98.3 Å². The van der Waals surface area contributed by atoms with Crippen LogP contribution in [0.2, 0.25) is 0 Å². The largest absolute Gasteiger partial charge is 0.387 e. The fourth-order valence-corrected chi connectivity index (χ4v) is 2.04. The first kappa shape index (κ1) is 11.0. The minimum atomic E-state index is -0.444. The lowest BCUT2D eigenvalue weighted by Crippen LogP contribution is -2.26. The Morgan fingerprint density at radius 1 is 1.60 bits per heavy atom. The van der Waals surface area contributed by atoms with Gasteiger partial charge in [0.25, 0.3) is 0 Å². The molecule has 1 fully saturated rings. The van der Waals surface area contributed by atoms with E-state index in [1.54, 1.807) is 12.4 Å². The molecule has 3 nitrogen and oxygen atoms in total. The van der Waals surface area contributed by atoms with Crippen LogP contribution in [-0.2, 0) is 0 Å². The van der Waals surface area contributed by atoms with Crippen LogP contribution >= 0.6 is 15.9 Å². The van der Waals surface area contributed by atoms with E-state index in [0.717, 1.165) is 10.0 Å². The second kappa shape index (κ2) is 4.60. The number of aromatic nitrogens is 1. The third-order valence-electron chi connectivity index (χ3n) is 2.74. The molecule has 1 aliphatic rings. The molecule has 4 heteroatoms. The normalized spacial score (nSPS) is 18.1. The summed E-state index contributed by atoms with van der Waals surface area (Å²) in [6.07, 6.45) is 5.53. The first-order valence-electron chi connectivity index (χ1n) is 5.15. The molecule has 1 heterocycles. The first-order chi connectivity index (χ1) is 7.16. The lowest BCUT2D eigenvalue weighted by molar-refractivity contribution is 0.123. The van der Waals surface area contributed by atoms with E-state index in [4.69, 9.17) is 0 Å². The van der Waals surface area contributed by atoms with Crippen molar-refractivity contribution < 1.29 is 5.11 Å². The fourth-order valence-electron chi connectivity index (χ4n) is 1.65. The third-order valence-corrected chi connectivity index (χ3v) is 3.18. The van der Waals surface area contributed by atoms with Crippen LogP contribution in [-0.4, -0.2) is 34.6 Å². The summed E-state index contributed by atoms with van der Waals surface area (Å²) in [6.45, 7) is 0.683. The van der Waals surface area contributed by atoms with Crippen molar-refractivity contribution in [2.45, 2.75) is 25.0 Å². The lowest BCUT2D eigenvalue weighted by Gasteiger charge is -2.20. The van der Waals surface area contributed by atoms with Gasteiger partial charge in [0, 0.05) is 35.0 Å². The van der Waals surface area contributed by atoms with E-state index in [9.17, 15) is 5.11 Å². The van der Waals surface area contributed by atoms with Gasteiger partial charge in [-0.15, -0.1) is 0 Å². The zero-order valence-electron chi connectivity index (χ0n) is 8.73. The van der Waals surface area contributed by atoms with Gasteiger partial charge < -0.3 is 10.0 Å². The molecule has 0 saturated heterocycles. The molecule has 82 valence electrons. The molecule has 0 amide bonds. The summed E-state index contributed by atoms with van der Waals surface area (Å²) in [5, 5.41) is 9.99. The van der Waals surface area contributed by atoms with Gasteiger partial charge in [-0.25, -0.2) is 0 Å². The van der Waals surface area contributed by atoms with Crippen LogP contribution in [0, 0.1) is 0 Å². The highest BCUT2D eigenvalue weighted by Gasteiger charge is 2.27. The van der Waals surface area contributed by atoms with Crippen molar-refractivity contribution in [2.75, 3.05) is 13.6 Å². The summed E-state index contributed by atoms with van der Waals surface area (Å²) in [7, 11) is 2.06. The summed E-state index contributed by atoms with van der Waals surface area (Å²) in [5.41, 5.74) is 0.872. The molecule has 0 aromatic carbocycles. The molecule has 0 aliphatic heterocycles. The predicted molar refractivity (Wildman–Crippen MR) is 62.5 cm³/mol. The van der Waals surface area contributed by atoms with Gasteiger partial charge in [0.05, 0.1) is 6.10 Å². The van der Waals surface area contributed by atoms with Crippen LogP contribution in [0.4, 0.5) is 0 Å². The number of aliphatic hydroxyl groups excluding tert-OH is 1. The maximum absolute atomic E-state index is 9.99. The zero-order valence-corrected chi connectivity index (χ0v) is 10.3. The lowest BCUT2D eigenvalue weighted by atomic mass is 10.1. The average molecular weight is 271 g/mol. The van der Waals surface area contributed by atoms with Crippen LogP contribution in [0.15, 0.2) is 22.9 Å². The quantitative estimate of drug-likeness (QED) is 0.909. The van der Waals surface area contributed by atoms with Gasteiger partial charge in [-0.05, 0) is 41.9 Å². The van der Waals surface area contributed by atoms with Crippen molar-refractivity contribution in [2.24, 2.45) is 0 Å². The number of aliphatic hydroxyl groups is 1. The van der Waals surface area contributed by atoms with Crippen LogP contribution in [0.25, 0.3) is 0 Å². The molecular formula is C11H15BrN2O. The summed E-state index contributed by atoms with van der Waals surface area (Å²) >= 11 is 3.35. The summed E-state index contributed by atoms with van der Waals surface area (Å²) in [4.78, 5) is 6.26. The minimum absolute atomic E-state index is 0.444. The summed E-state index contributed by atoms with van der Waals surface area (Å²) in [5.74, 6) is 0. The third kappa shape index (κ3) is 3.00. The average Bonchev–Trinajstić information content (AvgIpc) is 3.00. The molecule has 1 N–H and O–H groups in total. The molecular weight excluding hydrogens is 256 g/mol. The zero-order chi connectivity index (χ0) is 10.8. The molecule has 0 spiro atoms. The number of hydrogen-bond donors (Lipinski definition) is 1. The van der Waals surface area contributed by atoms with Gasteiger partial charge in [-0.1, -0.05) is 0 Å². The fraction of sp³-hybridized carbons (Fsp3) is 0.545. The number of nitrogens with zero attached hydrogens (tertiary/aromatic N) is 2. The minimum Gasteiger partial charge on any atom is -0.387 e. The van der Waals surface area contributed by atoms with Crippen molar-refractivity contribution in [1.82, 2.24) is 9.88 Å². The molecule has 0 unspecified atom stereocenters. The van der Waals surface area contributed by atoms with E-state index in [1.165, 1.54) is 12.8 Å². The van der Waals surface area contributed by atoms with Gasteiger partial charge in [-0.2, -0.15) is 0 Å². The molecule has 1 aliphatic carbocycles. The molecule has 1 aromatic heterocycles. The van der Waals surface area contributed by atoms with Crippen LogP contribution < -0.4 is 0 Å². The second-order valence-electron chi connectivity index (χ2n) is 4.12. The highest BCUT2D eigenvalue weighted by Crippen LogP contribution is 2.27. The Hall–Kier alpha value is -0.450. The maximum Gasteiger partial charge on any atom is 0.0932 e. The van der Waals surface area contributed by atoms with E-state index < -0.39 is 6.10 Å². The van der Waals surface area contributed by atoms with Crippen molar-refractivity contribution in [3.8, 4) is 0 Å². The number of halogens is 1. The Balaban J connectivity index is 1.97. The van der Waals surface area contributed by atoms with E-state index in [0.29, 0.717) is 12.6 Å². The van der Waals surface area contributed by atoms with Crippen LogP contribution in [0.3, 0.4) is 0 Å². The summed E-state index contributed by atoms with van der Waals surface area (Å²) in [6, 6.07) is 2.60. The van der Waals surface area contributed by atoms with Crippen molar-refractivity contribution >= 4 is 15.9 Å². The summed E-state index contributed by atoms with van der Waals surface area (Å²) < 4.78 is 0.910. The van der Waals surface area contributed by atoms with Crippen molar-refractivity contribution in [3.63, 3.8) is 0 Å². The van der Waals surface area contributed by atoms with Gasteiger partial charge in [-0.3, -0.25) is 4.98 Å². The highest BCUT2D eigenvalue weighted by molar-refractivity contribution is 9.10. The number of likely N-dealkylation sites (N-methyl/N-ethyl adjacent to an activating group) is 1. The van der Waals surface area contributed by atoms with E-state index in [-0.39, 0.29) is 0 Å². The van der Waals surface area contributed by atoms with Crippen molar-refractivity contribution in [1.29, 1.82) is 0 Å². The number of pyridine rings is 1. The predicted octanol–water partition coefficient (Wildman–Crippen LogP) is 1.97. The van der Waals surface area contributed by atoms with Gasteiger partial charge >= 0.3 is 0 Å². The molecule has 0 radical (unpaired) electrons. The van der Waals surface area contributed by atoms with Crippen molar-refractivity contribution in [3.05, 3.63) is 28.5 Å². The standard InChI is InChI=1S/C11H15BrN2O/c1-14(10-2-3-10)7-11(15)8-4-9(12)6-13-5-8/h4-6,10-11,15H,2-3,7H2,1H3/t11-/m0/s1. The Morgan fingerprint density at radius 3 is 2.93 bits per heavy atom. The SMILES string of the molecule is CN(C[C@H](O)c1cncc(Br)c1)C1CC1. The van der Waals surface area contributed by atoms with Crippen LogP contribution in [0.5, 0.6) is 0 Å². The van der Waals surface area contributed by atoms with Gasteiger partial charge in [0.1, 0.15) is 0 Å². The topological polar surface area (TPSA) is 36.4 Å². The smallest absolute Gasteiger partial charge is 0.0932 e. The number of hydrogen-bond acceptors (Lipinski definition) is 3. The molecule has 1 saturated carbocycles. The Bertz CT molecular complexity index is 341. The monoisotopic (exact) mass is 270 g/mol. The second-order valence-corrected chi connectivity index (χ2v) is 5.04. The van der Waals surface area contributed by atoms with Gasteiger partial charge in [0.2, 0.25) is 0 Å². The molecule has 2 rings (SSSR count). The maximum atomic E-state index is 9.99. The molecule has 1 atom stereocenters. The van der Waals surface area contributed by atoms with Crippen LogP contribution in [0.1, 0.15) is 24.5 Å². The Morgan fingerprint density at radius 2 is 2.33 bits per heavy atom. The molecule has 0 bridgehead atoms. The highest BCUT2D eigenvalue weighted by atomic mass is 79.9. The molecule has 15 heavy (non-hydrogen) atoms. The molecule has 1 aromatic rings. The van der Waals surface area contributed by atoms with Gasteiger partial charge in [0.15, 0.2) is 0 Å². The number of rotatable bonds is 4. The van der Waals surface area contributed by atoms with E-state index >= 15 is 0 Å². The first-order valence-corrected chi connectivity index (χ1v) is 5.95. The van der Waals surface area contributed by atoms with E-state index in [2.05, 4.69) is 32.9 Å². The van der Waals surface area contributed by atoms with E-state index in [1.807, 2.05) is 6.07 Å². The Kier molecular flexibility index (Phi) is 3.38.